The van der Waals surface area contributed by atoms with Crippen LogP contribution in [0.4, 0.5) is 11.4 Å². The zero-order valence-electron chi connectivity index (χ0n) is 12.4. The summed E-state index contributed by atoms with van der Waals surface area (Å²) in [7, 11) is 0. The molecule has 126 valence electrons. The lowest BCUT2D eigenvalue weighted by Gasteiger charge is -2.12. The molecule has 1 aliphatic heterocycles. The third-order valence-corrected chi connectivity index (χ3v) is 4.31. The second-order valence-electron chi connectivity index (χ2n) is 5.14. The number of hydrogen-bond donors (Lipinski definition) is 2. The van der Waals surface area contributed by atoms with E-state index in [2.05, 4.69) is 5.32 Å². The molecule has 0 unspecified atom stereocenters. The van der Waals surface area contributed by atoms with Gasteiger partial charge in [-0.25, -0.2) is 0 Å². The molecule has 8 heteroatoms. The Labute approximate surface area is 153 Å². The van der Waals surface area contributed by atoms with Crippen LogP contribution in [0, 0.1) is 0 Å². The van der Waals surface area contributed by atoms with Crippen molar-refractivity contribution in [2.24, 2.45) is 0 Å². The number of hydrogen-bond acceptors (Lipinski definition) is 4. The lowest BCUT2D eigenvalue weighted by Crippen LogP contribution is -2.12. The first-order valence-corrected chi connectivity index (χ1v) is 8.24. The SMILES string of the molecule is Nc1c(Cl)cc(NC(=O)c2cc(Cl)c3c(c2)OCCCO3)cc1Cl. The molecule has 3 rings (SSSR count). The number of anilines is 2. The van der Waals surface area contributed by atoms with E-state index in [0.717, 1.165) is 6.42 Å². The maximum atomic E-state index is 12.5. The highest BCUT2D eigenvalue weighted by Gasteiger charge is 2.19. The summed E-state index contributed by atoms with van der Waals surface area (Å²) in [5.74, 6) is 0.507. The van der Waals surface area contributed by atoms with Crippen molar-refractivity contribution in [2.45, 2.75) is 6.42 Å². The summed E-state index contributed by atoms with van der Waals surface area (Å²) in [5.41, 5.74) is 6.69. The predicted molar refractivity (Wildman–Crippen MR) is 95.9 cm³/mol. The second-order valence-corrected chi connectivity index (χ2v) is 6.37. The minimum absolute atomic E-state index is 0.259. The van der Waals surface area contributed by atoms with E-state index in [9.17, 15) is 4.79 Å². The van der Waals surface area contributed by atoms with Gasteiger partial charge >= 0.3 is 0 Å². The van der Waals surface area contributed by atoms with E-state index in [1.54, 1.807) is 6.07 Å². The molecule has 0 saturated carbocycles. The van der Waals surface area contributed by atoms with Crippen LogP contribution in [-0.4, -0.2) is 19.1 Å². The Morgan fingerprint density at radius 2 is 1.67 bits per heavy atom. The Morgan fingerprint density at radius 1 is 1.00 bits per heavy atom. The third kappa shape index (κ3) is 3.48. The number of fused-ring (bicyclic) bond motifs is 1. The van der Waals surface area contributed by atoms with E-state index in [0.29, 0.717) is 41.0 Å². The maximum Gasteiger partial charge on any atom is 0.255 e. The summed E-state index contributed by atoms with van der Waals surface area (Å²) < 4.78 is 11.1. The Bertz CT molecular complexity index is 788. The molecule has 0 aliphatic carbocycles. The molecule has 0 bridgehead atoms. The van der Waals surface area contributed by atoms with Gasteiger partial charge in [-0.2, -0.15) is 0 Å². The van der Waals surface area contributed by atoms with Crippen molar-refractivity contribution in [3.8, 4) is 11.5 Å². The molecule has 3 N–H and O–H groups in total. The number of nitrogens with two attached hydrogens (primary N) is 1. The molecule has 5 nitrogen and oxygen atoms in total. The Kier molecular flexibility index (Phi) is 4.94. The van der Waals surface area contributed by atoms with Gasteiger partial charge < -0.3 is 20.5 Å². The van der Waals surface area contributed by atoms with Crippen molar-refractivity contribution in [1.82, 2.24) is 0 Å². The molecule has 0 atom stereocenters. The number of ether oxygens (including phenoxy) is 2. The van der Waals surface area contributed by atoms with Gasteiger partial charge in [0.15, 0.2) is 11.5 Å². The predicted octanol–water partition coefficient (Wildman–Crippen LogP) is 4.64. The highest BCUT2D eigenvalue weighted by Crippen LogP contribution is 2.38. The molecule has 0 saturated heterocycles. The van der Waals surface area contributed by atoms with Gasteiger partial charge in [-0.3, -0.25) is 4.79 Å². The van der Waals surface area contributed by atoms with E-state index in [1.165, 1.54) is 18.2 Å². The minimum Gasteiger partial charge on any atom is -0.489 e. The normalized spacial score (nSPS) is 13.3. The lowest BCUT2D eigenvalue weighted by molar-refractivity contribution is 0.102. The molecule has 2 aromatic carbocycles. The number of carbonyl (C=O) groups excluding carboxylic acids is 1. The van der Waals surface area contributed by atoms with Crippen molar-refractivity contribution in [3.05, 3.63) is 44.9 Å². The molecule has 0 aromatic heterocycles. The summed E-state index contributed by atoms with van der Waals surface area (Å²) in [6.07, 6.45) is 0.745. The quantitative estimate of drug-likeness (QED) is 0.736. The first-order valence-electron chi connectivity index (χ1n) is 7.10. The Hall–Kier alpha value is -1.82. The molecule has 1 amide bonds. The van der Waals surface area contributed by atoms with Crippen LogP contribution in [0.25, 0.3) is 0 Å². The average molecular weight is 388 g/mol. The van der Waals surface area contributed by atoms with Gasteiger partial charge in [0.25, 0.3) is 5.91 Å². The van der Waals surface area contributed by atoms with Crippen molar-refractivity contribution in [1.29, 1.82) is 0 Å². The van der Waals surface area contributed by atoms with Gasteiger partial charge in [0.2, 0.25) is 0 Å². The van der Waals surface area contributed by atoms with Gasteiger partial charge in [0, 0.05) is 17.7 Å². The van der Waals surface area contributed by atoms with E-state index in [4.69, 9.17) is 50.0 Å². The Morgan fingerprint density at radius 3 is 2.38 bits per heavy atom. The van der Waals surface area contributed by atoms with Crippen LogP contribution in [-0.2, 0) is 0 Å². The van der Waals surface area contributed by atoms with Crippen LogP contribution < -0.4 is 20.5 Å². The average Bonchev–Trinajstić information content (AvgIpc) is 2.78. The third-order valence-electron chi connectivity index (χ3n) is 3.40. The number of nitrogen functional groups attached to an aromatic ring is 1. The summed E-state index contributed by atoms with van der Waals surface area (Å²) in [4.78, 5) is 12.5. The van der Waals surface area contributed by atoms with Gasteiger partial charge in [-0.05, 0) is 24.3 Å². The minimum atomic E-state index is -0.385. The fraction of sp³-hybridized carbons (Fsp3) is 0.188. The van der Waals surface area contributed by atoms with Gasteiger partial charge in [-0.15, -0.1) is 0 Å². The zero-order valence-corrected chi connectivity index (χ0v) is 14.6. The van der Waals surface area contributed by atoms with E-state index >= 15 is 0 Å². The molecule has 1 aliphatic rings. The topological polar surface area (TPSA) is 73.6 Å². The monoisotopic (exact) mass is 386 g/mol. The number of carbonyl (C=O) groups is 1. The molecule has 24 heavy (non-hydrogen) atoms. The molecular formula is C16H13Cl3N2O3. The van der Waals surface area contributed by atoms with Crippen molar-refractivity contribution in [3.63, 3.8) is 0 Å². The van der Waals surface area contributed by atoms with Gasteiger partial charge in [0.1, 0.15) is 0 Å². The first kappa shape index (κ1) is 17.0. The van der Waals surface area contributed by atoms with Crippen molar-refractivity contribution in [2.75, 3.05) is 24.3 Å². The molecule has 1 heterocycles. The smallest absolute Gasteiger partial charge is 0.255 e. The van der Waals surface area contributed by atoms with Crippen LogP contribution in [0.5, 0.6) is 11.5 Å². The van der Waals surface area contributed by atoms with Crippen LogP contribution in [0.2, 0.25) is 15.1 Å². The van der Waals surface area contributed by atoms with Crippen molar-refractivity contribution < 1.29 is 14.3 Å². The molecular weight excluding hydrogens is 375 g/mol. The molecule has 0 radical (unpaired) electrons. The van der Waals surface area contributed by atoms with Gasteiger partial charge in [-0.1, -0.05) is 34.8 Å². The number of benzene rings is 2. The van der Waals surface area contributed by atoms with Crippen LogP contribution in [0.3, 0.4) is 0 Å². The first-order chi connectivity index (χ1) is 11.5. The van der Waals surface area contributed by atoms with Crippen molar-refractivity contribution >= 4 is 52.1 Å². The number of rotatable bonds is 2. The second kappa shape index (κ2) is 6.97. The van der Waals surface area contributed by atoms with E-state index in [1.807, 2.05) is 0 Å². The van der Waals surface area contributed by atoms with E-state index in [-0.39, 0.29) is 21.6 Å². The molecule has 2 aromatic rings. The summed E-state index contributed by atoms with van der Waals surface area (Å²) >= 11 is 18.1. The van der Waals surface area contributed by atoms with E-state index < -0.39 is 0 Å². The number of amides is 1. The molecule has 0 spiro atoms. The fourth-order valence-electron chi connectivity index (χ4n) is 2.22. The van der Waals surface area contributed by atoms with Crippen LogP contribution >= 0.6 is 34.8 Å². The van der Waals surface area contributed by atoms with Crippen LogP contribution in [0.15, 0.2) is 24.3 Å². The highest BCUT2D eigenvalue weighted by molar-refractivity contribution is 6.39. The summed E-state index contributed by atoms with van der Waals surface area (Å²) in [6, 6.07) is 6.14. The zero-order chi connectivity index (χ0) is 17.3. The summed E-state index contributed by atoms with van der Waals surface area (Å²) in [5, 5.41) is 3.53. The van der Waals surface area contributed by atoms with Crippen LogP contribution in [0.1, 0.15) is 16.8 Å². The number of halogens is 3. The highest BCUT2D eigenvalue weighted by atomic mass is 35.5. The largest absolute Gasteiger partial charge is 0.489 e. The number of nitrogens with one attached hydrogen (secondary N) is 1. The maximum absolute atomic E-state index is 12.5. The lowest BCUT2D eigenvalue weighted by atomic mass is 10.1. The molecule has 0 fully saturated rings. The summed E-state index contributed by atoms with van der Waals surface area (Å²) in [6.45, 7) is 1.01. The van der Waals surface area contributed by atoms with Gasteiger partial charge in [0.05, 0.1) is 34.0 Å². The standard InChI is InChI=1S/C16H13Cl3N2O3/c17-10-6-9(7-11(18)14(10)20)21-16(22)8-4-12(19)15-13(5-8)23-2-1-3-24-15/h4-7H,1-3,20H2,(H,21,22). The Balaban J connectivity index is 1.88. The fourth-order valence-corrected chi connectivity index (χ4v) is 2.97.